The van der Waals surface area contributed by atoms with Crippen LogP contribution in [0.3, 0.4) is 0 Å². The molecule has 14 heteroatoms. The topological polar surface area (TPSA) is 191 Å². The number of carbonyl (C=O) groups is 1. The van der Waals surface area contributed by atoms with Crippen LogP contribution in [0.4, 0.5) is 0 Å². The maximum absolute atomic E-state index is 12.6. The molecule has 1 aromatic rings. The van der Waals surface area contributed by atoms with Gasteiger partial charge >= 0.3 is 5.97 Å². The number of hydrogen-bond donors (Lipinski definition) is 8. The maximum Gasteiger partial charge on any atom is 0.302 e. The fraction of sp³-hybridized carbons (Fsp3) is 0.730. The van der Waals surface area contributed by atoms with Crippen molar-refractivity contribution in [3.05, 3.63) is 23.3 Å². The summed E-state index contributed by atoms with van der Waals surface area (Å²) in [5, 5.41) is 55.1. The molecule has 9 N–H and O–H groups in total. The summed E-state index contributed by atoms with van der Waals surface area (Å²) in [4.78, 5) is 17.3. The Morgan fingerprint density at radius 1 is 1.20 bits per heavy atom. The molecular weight excluding hydrogens is 691 g/mol. The molecule has 0 saturated carbocycles. The summed E-state index contributed by atoms with van der Waals surface area (Å²) < 4.78 is 12.6. The summed E-state index contributed by atoms with van der Waals surface area (Å²) in [5.74, 6) is 8.36. The van der Waals surface area contributed by atoms with Crippen molar-refractivity contribution in [2.75, 3.05) is 44.2 Å². The van der Waals surface area contributed by atoms with E-state index in [0.29, 0.717) is 43.5 Å². The Kier molecular flexibility index (Phi) is 14.5. The van der Waals surface area contributed by atoms with Gasteiger partial charge in [-0.3, -0.25) is 9.79 Å². The molecule has 8 atom stereocenters. The smallest absolute Gasteiger partial charge is 0.302 e. The third-order valence-electron chi connectivity index (χ3n) is 10.9. The Hall–Kier alpha value is -2.38. The van der Waals surface area contributed by atoms with Crippen LogP contribution < -0.4 is 26.4 Å². The molecule has 6 bridgehead atoms. The van der Waals surface area contributed by atoms with E-state index in [1.54, 1.807) is 23.8 Å². The molecule has 1 aromatic carbocycles. The van der Waals surface area contributed by atoms with E-state index in [1.807, 2.05) is 16.9 Å². The summed E-state index contributed by atoms with van der Waals surface area (Å²) >= 11 is 0. The van der Waals surface area contributed by atoms with Gasteiger partial charge in [0.25, 0.3) is 0 Å². The molecule has 1 spiro atoms. The van der Waals surface area contributed by atoms with Gasteiger partial charge < -0.3 is 51.6 Å². The van der Waals surface area contributed by atoms with Crippen LogP contribution in [-0.4, -0.2) is 107 Å². The zero-order valence-corrected chi connectivity index (χ0v) is 31.6. The second-order valence-electron chi connectivity index (χ2n) is 14.7. The number of ether oxygens (including phenoxy) is 2. The van der Waals surface area contributed by atoms with Crippen molar-refractivity contribution in [2.24, 2.45) is 28.0 Å². The lowest BCUT2D eigenvalue weighted by molar-refractivity contribution is -0.152. The van der Waals surface area contributed by atoms with E-state index >= 15 is 0 Å². The minimum Gasteiger partial charge on any atom is -0.504 e. The predicted octanol–water partition coefficient (Wildman–Crippen LogP) is 2.45. The summed E-state index contributed by atoms with van der Waals surface area (Å²) in [5.41, 5.74) is 6.37. The number of phenols is 1. The number of hydrogen-bond acceptors (Lipinski definition) is 14. The monoisotopic (exact) mass is 747 g/mol. The third kappa shape index (κ3) is 10.8. The third-order valence-corrected chi connectivity index (χ3v) is 13.3. The number of carbonyl (C=O) groups excluding carboxylic acids is 1. The maximum atomic E-state index is 12.6. The van der Waals surface area contributed by atoms with Gasteiger partial charge in [-0.15, -0.1) is 0 Å². The number of aliphatic hydroxyl groups is 3. The number of aliphatic hydroxyl groups excluding tert-OH is 3. The second-order valence-corrected chi connectivity index (χ2v) is 17.4. The van der Waals surface area contributed by atoms with Crippen LogP contribution in [0.2, 0.25) is 0 Å². The van der Waals surface area contributed by atoms with Crippen molar-refractivity contribution in [3.8, 4) is 23.3 Å². The van der Waals surface area contributed by atoms with Crippen molar-refractivity contribution in [1.29, 1.82) is 0 Å². The zero-order chi connectivity index (χ0) is 36.4. The molecule has 1 aliphatic carbocycles. The minimum absolute atomic E-state index is 0.0305. The molecular formula is C37H57N5O7S2. The molecule has 0 amide bonds. The number of nitrogens with zero attached hydrogens (tertiary/aromatic N) is 1. The minimum atomic E-state index is -0.974. The quantitative estimate of drug-likeness (QED) is 0.128. The average molecular weight is 748 g/mol. The fourth-order valence-corrected chi connectivity index (χ4v) is 9.84. The molecule has 51 heavy (non-hydrogen) atoms. The first kappa shape index (κ1) is 39.8. The number of aromatic hydroxyl groups is 1. The van der Waals surface area contributed by atoms with Crippen molar-refractivity contribution >= 4 is 33.5 Å². The highest BCUT2D eigenvalue weighted by atomic mass is 33.1. The van der Waals surface area contributed by atoms with E-state index in [1.165, 1.54) is 6.92 Å². The first-order valence-corrected chi connectivity index (χ1v) is 20.9. The standard InChI is InChI=1S/C37H57N5O7S2/c1-24(44)36-9-5-26-4-3-8-37(23-39-12-14-50-51-15-13-40-35(38)41-22-36)20-30(7-11-42-37)49-34-18-27(28(21-43)17-32(34)47)16-31(26)33(48-25(2)45)19-29(46)6-10-36/h17-18,24,26,29-31,33,39,42-44,46-47H,3-4,6-8,10-16,19-23H2,1-2H3,(H3,38,40,41). The van der Waals surface area contributed by atoms with Crippen LogP contribution in [0, 0.1) is 29.1 Å². The van der Waals surface area contributed by atoms with Gasteiger partial charge in [-0.2, -0.15) is 0 Å². The SMILES string of the molecule is CC(=O)OC1CC(O)CCC2(C(C)O)C#CC3CCCC4(CNCCSSCCNC(N)=NC2)CC(CCN4)Oc2cc(c(CO)cc2O)CC31. The Bertz CT molecular complexity index is 1420. The Morgan fingerprint density at radius 2 is 2.00 bits per heavy atom. The van der Waals surface area contributed by atoms with E-state index in [-0.39, 0.29) is 54.8 Å². The molecule has 3 aliphatic heterocycles. The summed E-state index contributed by atoms with van der Waals surface area (Å²) in [6.45, 7) is 5.97. The summed E-state index contributed by atoms with van der Waals surface area (Å²) in [6, 6.07) is 3.38. The highest BCUT2D eigenvalue weighted by molar-refractivity contribution is 8.76. The zero-order valence-electron chi connectivity index (χ0n) is 30.0. The van der Waals surface area contributed by atoms with Gasteiger partial charge in [0.1, 0.15) is 12.2 Å². The lowest BCUT2D eigenvalue weighted by atomic mass is 9.72. The van der Waals surface area contributed by atoms with Crippen molar-refractivity contribution < 1.29 is 34.7 Å². The summed E-state index contributed by atoms with van der Waals surface area (Å²) in [6.07, 6.45) is 2.59. The number of nitrogens with one attached hydrogen (secondary N) is 3. The Balaban J connectivity index is 1.67. The molecule has 0 radical (unpaired) electrons. The molecule has 4 aliphatic rings. The number of fused-ring (bicyclic) bond motifs is 6. The van der Waals surface area contributed by atoms with E-state index in [9.17, 15) is 25.2 Å². The first-order valence-electron chi connectivity index (χ1n) is 18.4. The molecule has 284 valence electrons. The van der Waals surface area contributed by atoms with Crippen LogP contribution in [-0.2, 0) is 22.6 Å². The van der Waals surface area contributed by atoms with Gasteiger partial charge in [0.05, 0.1) is 30.8 Å². The van der Waals surface area contributed by atoms with Crippen molar-refractivity contribution in [1.82, 2.24) is 16.0 Å². The summed E-state index contributed by atoms with van der Waals surface area (Å²) in [7, 11) is 3.59. The second kappa shape index (κ2) is 18.6. The van der Waals surface area contributed by atoms with E-state index < -0.39 is 29.7 Å². The van der Waals surface area contributed by atoms with Gasteiger partial charge in [-0.25, -0.2) is 0 Å². The van der Waals surface area contributed by atoms with E-state index in [0.717, 1.165) is 62.4 Å². The number of guanidine groups is 1. The molecule has 0 aromatic heterocycles. The van der Waals surface area contributed by atoms with Crippen LogP contribution in [0.5, 0.6) is 11.5 Å². The Labute approximate surface area is 310 Å². The van der Waals surface area contributed by atoms with Crippen molar-refractivity contribution in [2.45, 2.75) is 108 Å². The van der Waals surface area contributed by atoms with Gasteiger partial charge in [0.2, 0.25) is 0 Å². The van der Waals surface area contributed by atoms with Crippen LogP contribution in [0.1, 0.15) is 76.3 Å². The highest BCUT2D eigenvalue weighted by Crippen LogP contribution is 2.40. The molecule has 8 unspecified atom stereocenters. The number of nitrogens with two attached hydrogens (primary N) is 1. The van der Waals surface area contributed by atoms with Gasteiger partial charge in [-0.1, -0.05) is 39.8 Å². The van der Waals surface area contributed by atoms with Gasteiger partial charge in [0.15, 0.2) is 17.5 Å². The van der Waals surface area contributed by atoms with Gasteiger partial charge in [0, 0.05) is 68.3 Å². The lowest BCUT2D eigenvalue weighted by Gasteiger charge is -2.42. The van der Waals surface area contributed by atoms with Crippen LogP contribution in [0.15, 0.2) is 17.1 Å². The molecule has 3 heterocycles. The largest absolute Gasteiger partial charge is 0.504 e. The predicted molar refractivity (Wildman–Crippen MR) is 203 cm³/mol. The number of piperidine rings is 1. The van der Waals surface area contributed by atoms with E-state index in [2.05, 4.69) is 32.8 Å². The lowest BCUT2D eigenvalue weighted by Crippen LogP contribution is -2.59. The number of benzene rings is 1. The number of phenolic OH excluding ortho intramolecular Hbond substituents is 1. The highest BCUT2D eigenvalue weighted by Gasteiger charge is 2.41. The molecule has 1 fully saturated rings. The number of rotatable bonds is 3. The van der Waals surface area contributed by atoms with Crippen LogP contribution >= 0.6 is 21.6 Å². The molecule has 1 saturated heterocycles. The normalized spacial score (nSPS) is 33.4. The number of aliphatic imine (C=N–C) groups is 1. The molecule has 5 rings (SSSR count). The van der Waals surface area contributed by atoms with Crippen LogP contribution in [0.25, 0.3) is 0 Å². The Morgan fingerprint density at radius 3 is 2.76 bits per heavy atom. The molecule has 12 nitrogen and oxygen atoms in total. The fourth-order valence-electron chi connectivity index (χ4n) is 7.99. The number of esters is 1. The first-order chi connectivity index (χ1) is 24.5. The van der Waals surface area contributed by atoms with Gasteiger partial charge in [-0.05, 0) is 75.3 Å². The average Bonchev–Trinajstić information content (AvgIpc) is 3.09. The van der Waals surface area contributed by atoms with E-state index in [4.69, 9.17) is 15.2 Å². The van der Waals surface area contributed by atoms with Crippen molar-refractivity contribution in [3.63, 3.8) is 0 Å².